The summed E-state index contributed by atoms with van der Waals surface area (Å²) in [6.45, 7) is 0. The van der Waals surface area contributed by atoms with E-state index in [0.717, 1.165) is 16.7 Å². The van der Waals surface area contributed by atoms with Gasteiger partial charge in [-0.3, -0.25) is 0 Å². The van der Waals surface area contributed by atoms with Crippen LogP contribution in [-0.2, 0) is 14.9 Å². The van der Waals surface area contributed by atoms with Crippen LogP contribution in [-0.4, -0.2) is 64.3 Å². The fourth-order valence-electron chi connectivity index (χ4n) is 4.69. The predicted octanol–water partition coefficient (Wildman–Crippen LogP) is 1.84. The van der Waals surface area contributed by atoms with Crippen molar-refractivity contribution >= 4 is 0 Å². The van der Waals surface area contributed by atoms with Crippen molar-refractivity contribution in [1.29, 1.82) is 0 Å². The average molecular weight is 437 g/mol. The lowest BCUT2D eigenvalue weighted by molar-refractivity contribution is -0.306. The van der Waals surface area contributed by atoms with Crippen molar-refractivity contribution in [3.8, 4) is 0 Å². The minimum absolute atomic E-state index is 0.787. The Kier molecular flexibility index (Phi) is 6.71. The summed E-state index contributed by atoms with van der Waals surface area (Å²) in [7, 11) is 1.33. The third-order valence-electron chi connectivity index (χ3n) is 6.28. The molecule has 1 unspecified atom stereocenters. The van der Waals surface area contributed by atoms with Gasteiger partial charge < -0.3 is 29.9 Å². The van der Waals surface area contributed by atoms with Gasteiger partial charge in [0, 0.05) is 7.11 Å². The first-order valence-electron chi connectivity index (χ1n) is 10.6. The second-order valence-corrected chi connectivity index (χ2v) is 8.03. The van der Waals surface area contributed by atoms with Crippen LogP contribution in [0.25, 0.3) is 0 Å². The summed E-state index contributed by atoms with van der Waals surface area (Å²) in [5.74, 6) is 0. The minimum Gasteiger partial charge on any atom is -0.389 e. The van der Waals surface area contributed by atoms with Crippen LogP contribution in [0.2, 0.25) is 0 Å². The summed E-state index contributed by atoms with van der Waals surface area (Å²) in [6.07, 6.45) is -8.33. The van der Waals surface area contributed by atoms with Gasteiger partial charge in [-0.15, -0.1) is 0 Å². The van der Waals surface area contributed by atoms with Crippen LogP contribution in [0.4, 0.5) is 0 Å². The van der Waals surface area contributed by atoms with E-state index >= 15 is 0 Å². The van der Waals surface area contributed by atoms with Gasteiger partial charge in [-0.05, 0) is 16.7 Å². The van der Waals surface area contributed by atoms with Crippen molar-refractivity contribution in [3.05, 3.63) is 108 Å². The van der Waals surface area contributed by atoms with Crippen LogP contribution < -0.4 is 0 Å². The zero-order valence-electron chi connectivity index (χ0n) is 17.7. The summed E-state index contributed by atoms with van der Waals surface area (Å²) >= 11 is 0. The number of benzene rings is 3. The molecule has 0 aliphatic carbocycles. The van der Waals surface area contributed by atoms with Crippen molar-refractivity contribution in [2.75, 3.05) is 7.11 Å². The van der Waals surface area contributed by atoms with E-state index in [0.29, 0.717) is 0 Å². The first-order chi connectivity index (χ1) is 15.5. The molecule has 1 saturated heterocycles. The van der Waals surface area contributed by atoms with Crippen LogP contribution in [0, 0.1) is 0 Å². The van der Waals surface area contributed by atoms with E-state index < -0.39 is 42.2 Å². The van der Waals surface area contributed by atoms with Gasteiger partial charge in [0.1, 0.15) is 30.5 Å². The molecule has 6 nitrogen and oxygen atoms in total. The second-order valence-electron chi connectivity index (χ2n) is 8.03. The first-order valence-corrected chi connectivity index (χ1v) is 10.6. The van der Waals surface area contributed by atoms with Gasteiger partial charge in [-0.1, -0.05) is 91.0 Å². The maximum atomic E-state index is 12.0. The summed E-state index contributed by atoms with van der Waals surface area (Å²) in [5.41, 5.74) is 1.22. The lowest BCUT2D eigenvalue weighted by atomic mass is 9.63. The van der Waals surface area contributed by atoms with Crippen LogP contribution in [0.15, 0.2) is 91.0 Å². The molecule has 0 spiro atoms. The summed E-state index contributed by atoms with van der Waals surface area (Å²) in [6, 6.07) is 28.5. The van der Waals surface area contributed by atoms with Gasteiger partial charge in [0.2, 0.25) is 0 Å². The Balaban J connectivity index is 1.95. The fourth-order valence-corrected chi connectivity index (χ4v) is 4.69. The Hall–Kier alpha value is -2.58. The minimum atomic E-state index is -1.55. The molecule has 3 aromatic rings. The Labute approximate surface area is 187 Å². The molecule has 1 aliphatic rings. The van der Waals surface area contributed by atoms with Crippen molar-refractivity contribution in [2.45, 2.75) is 42.2 Å². The molecule has 0 radical (unpaired) electrons. The maximum Gasteiger partial charge on any atom is 0.186 e. The lowest BCUT2D eigenvalue weighted by Gasteiger charge is -2.48. The topological polar surface area (TPSA) is 99.4 Å². The third kappa shape index (κ3) is 3.75. The van der Waals surface area contributed by atoms with Gasteiger partial charge >= 0.3 is 0 Å². The molecule has 6 heteroatoms. The SMILES string of the molecule is CO[C@@H]1O[C@@H](C(O)C(c2ccccc2)(c2ccccc2)c2ccccc2)[C@H](O)[C@@H](O)[C@H]1O. The molecular formula is C26H28O6. The molecular weight excluding hydrogens is 408 g/mol. The summed E-state index contributed by atoms with van der Waals surface area (Å²) in [5, 5.41) is 43.5. The summed E-state index contributed by atoms with van der Waals surface area (Å²) in [4.78, 5) is 0. The highest BCUT2D eigenvalue weighted by Crippen LogP contribution is 2.45. The normalized spacial score (nSPS) is 27.1. The highest BCUT2D eigenvalue weighted by atomic mass is 16.7. The van der Waals surface area contributed by atoms with E-state index in [4.69, 9.17) is 9.47 Å². The van der Waals surface area contributed by atoms with Crippen LogP contribution in [0.1, 0.15) is 16.7 Å². The van der Waals surface area contributed by atoms with E-state index in [1.165, 1.54) is 7.11 Å². The second kappa shape index (κ2) is 9.50. The number of hydrogen-bond donors (Lipinski definition) is 4. The van der Waals surface area contributed by atoms with Crippen LogP contribution >= 0.6 is 0 Å². The fraction of sp³-hybridized carbons (Fsp3) is 0.308. The predicted molar refractivity (Wildman–Crippen MR) is 119 cm³/mol. The molecule has 0 bridgehead atoms. The van der Waals surface area contributed by atoms with Crippen molar-refractivity contribution < 1.29 is 29.9 Å². The smallest absolute Gasteiger partial charge is 0.186 e. The van der Waals surface area contributed by atoms with Crippen molar-refractivity contribution in [2.24, 2.45) is 0 Å². The van der Waals surface area contributed by atoms with Gasteiger partial charge in [-0.25, -0.2) is 0 Å². The molecule has 4 rings (SSSR count). The monoisotopic (exact) mass is 436 g/mol. The number of ether oxygens (including phenoxy) is 2. The summed E-state index contributed by atoms with van der Waals surface area (Å²) < 4.78 is 11.0. The first kappa shape index (κ1) is 22.6. The molecule has 0 aromatic heterocycles. The zero-order valence-corrected chi connectivity index (χ0v) is 17.7. The number of aliphatic hydroxyl groups excluding tert-OH is 4. The lowest BCUT2D eigenvalue weighted by Crippen LogP contribution is -2.64. The molecule has 1 fully saturated rings. The maximum absolute atomic E-state index is 12.0. The van der Waals surface area contributed by atoms with Crippen molar-refractivity contribution in [3.63, 3.8) is 0 Å². The van der Waals surface area contributed by atoms with E-state index in [9.17, 15) is 20.4 Å². The molecule has 32 heavy (non-hydrogen) atoms. The van der Waals surface area contributed by atoms with Crippen LogP contribution in [0.5, 0.6) is 0 Å². The standard InChI is InChI=1S/C26H28O6/c1-31-25-22(29)20(27)21(28)23(32-25)24(30)26(17-11-5-2-6-12-17,18-13-7-3-8-14-18)19-15-9-4-10-16-19/h2-16,20-25,27-30H,1H3/t20-,21-,22-,23-,24?,25-/m1/s1. The quantitative estimate of drug-likeness (QED) is 0.440. The van der Waals surface area contributed by atoms with Gasteiger partial charge in [-0.2, -0.15) is 0 Å². The van der Waals surface area contributed by atoms with Gasteiger partial charge in [0.05, 0.1) is 5.41 Å². The van der Waals surface area contributed by atoms with E-state index in [1.54, 1.807) is 0 Å². The Morgan fingerprint density at radius 3 is 1.47 bits per heavy atom. The Morgan fingerprint density at radius 2 is 1.09 bits per heavy atom. The highest BCUT2D eigenvalue weighted by Gasteiger charge is 2.54. The Morgan fingerprint density at radius 1 is 0.688 bits per heavy atom. The van der Waals surface area contributed by atoms with Gasteiger partial charge in [0.25, 0.3) is 0 Å². The largest absolute Gasteiger partial charge is 0.389 e. The number of rotatable bonds is 6. The highest BCUT2D eigenvalue weighted by molar-refractivity contribution is 5.52. The molecule has 168 valence electrons. The number of aliphatic hydroxyl groups is 4. The van der Waals surface area contributed by atoms with Crippen LogP contribution in [0.3, 0.4) is 0 Å². The third-order valence-corrected chi connectivity index (χ3v) is 6.28. The molecule has 6 atom stereocenters. The molecule has 4 N–H and O–H groups in total. The van der Waals surface area contributed by atoms with Crippen molar-refractivity contribution in [1.82, 2.24) is 0 Å². The molecule has 3 aromatic carbocycles. The zero-order chi connectivity index (χ0) is 22.7. The molecule has 1 aliphatic heterocycles. The molecule has 1 heterocycles. The van der Waals surface area contributed by atoms with Gasteiger partial charge in [0.15, 0.2) is 6.29 Å². The Bertz CT molecular complexity index is 882. The number of methoxy groups -OCH3 is 1. The van der Waals surface area contributed by atoms with E-state index in [1.807, 2.05) is 91.0 Å². The molecule has 0 amide bonds. The molecule has 0 saturated carbocycles. The van der Waals surface area contributed by atoms with E-state index in [2.05, 4.69) is 0 Å². The number of hydrogen-bond acceptors (Lipinski definition) is 6. The van der Waals surface area contributed by atoms with E-state index in [-0.39, 0.29) is 0 Å². The average Bonchev–Trinajstić information content (AvgIpc) is 2.85.